The monoisotopic (exact) mass is 1070 g/mol. The average molecular weight is 1070 g/mol. The highest BCUT2D eigenvalue weighted by atomic mass is 32.1. The van der Waals surface area contributed by atoms with E-state index in [1.165, 1.54) is 19.4 Å². The molecule has 1 aromatic rings. The van der Waals surface area contributed by atoms with Gasteiger partial charge in [-0.3, -0.25) is 47.9 Å². The number of aliphatic hydroxyl groups is 5. The molecule has 0 spiro atoms. The number of nitrogens with one attached hydrogen (secondary N) is 9. The molecule has 416 valence electrons. The van der Waals surface area contributed by atoms with E-state index in [2.05, 4.69) is 59.8 Å². The number of carbonyl (C=O) groups is 11. The number of nitrogens with two attached hydrogens (primary N) is 2. The number of carbonyl (C=O) groups excluding carboxylic acids is 10. The Hall–Kier alpha value is -6.51. The first-order valence-corrected chi connectivity index (χ1v) is 24.1. The standard InChI is InChI=1S/C43H71N13O17S/c1-17(2)10-24(48-38(67)28-8-7-9-56(28)42(71)26(14-57)50-40(69)30(18(3)58)52-34(63)23(44)11-22-13-46-16-47-22)35(64)51-27(15-74)37(66)53-32(20(5)60)41(70)54-31(19(4)59)39(68)49-25(12-29(45)62)36(65)55-33(21(6)61)43(72)73/h13,16-21,23-28,30-33,57-61,74H,7-12,14-15,44H2,1-6H3,(H2,45,62)(H,46,47)(H,48,67)(H,49,68)(H,50,69)(H,51,64)(H,52,63)(H,53,66)(H,54,70)(H,55,65)(H,72,73)/t18-,19-,20-,21-,23+,24+,25+,26+,27+,28+,30+,31+,32+,33+/m1/s1. The molecule has 2 rings (SSSR count). The first-order valence-electron chi connectivity index (χ1n) is 23.5. The molecule has 1 aromatic heterocycles. The zero-order valence-corrected chi connectivity index (χ0v) is 42.5. The van der Waals surface area contributed by atoms with Crippen LogP contribution in [0.1, 0.15) is 72.9 Å². The van der Waals surface area contributed by atoms with Crippen molar-refractivity contribution in [1.82, 2.24) is 57.4 Å². The Morgan fingerprint density at radius 3 is 1.59 bits per heavy atom. The Morgan fingerprint density at radius 1 is 0.676 bits per heavy atom. The third-order valence-corrected chi connectivity index (χ3v) is 11.8. The van der Waals surface area contributed by atoms with Crippen LogP contribution in [0.5, 0.6) is 0 Å². The molecule has 0 unspecified atom stereocenters. The second kappa shape index (κ2) is 30.0. The first-order chi connectivity index (χ1) is 34.5. The van der Waals surface area contributed by atoms with Crippen LogP contribution in [0.15, 0.2) is 12.5 Å². The summed E-state index contributed by atoms with van der Waals surface area (Å²) in [5, 5.41) is 78.7. The number of H-pyrrole nitrogens is 1. The van der Waals surface area contributed by atoms with Gasteiger partial charge in [0, 0.05) is 30.6 Å². The number of imidazole rings is 1. The minimum Gasteiger partial charge on any atom is -0.480 e. The highest BCUT2D eigenvalue weighted by molar-refractivity contribution is 7.80. The fraction of sp³-hybridized carbons (Fsp3) is 0.674. The second-order valence-electron chi connectivity index (χ2n) is 18.2. The van der Waals surface area contributed by atoms with Crippen molar-refractivity contribution in [2.45, 2.75) is 158 Å². The van der Waals surface area contributed by atoms with Gasteiger partial charge in [-0.05, 0) is 52.9 Å². The van der Waals surface area contributed by atoms with Crippen molar-refractivity contribution in [1.29, 1.82) is 0 Å². The van der Waals surface area contributed by atoms with E-state index in [4.69, 9.17) is 11.5 Å². The van der Waals surface area contributed by atoms with Gasteiger partial charge in [0.2, 0.25) is 59.1 Å². The van der Waals surface area contributed by atoms with E-state index in [0.717, 1.165) is 25.7 Å². The van der Waals surface area contributed by atoms with Gasteiger partial charge in [0.15, 0.2) is 6.04 Å². The molecule has 0 radical (unpaired) electrons. The molecule has 1 fully saturated rings. The Balaban J connectivity index is 2.20. The van der Waals surface area contributed by atoms with E-state index in [0.29, 0.717) is 5.69 Å². The second-order valence-corrected chi connectivity index (χ2v) is 18.6. The molecule has 19 N–H and O–H groups in total. The zero-order chi connectivity index (χ0) is 56.3. The van der Waals surface area contributed by atoms with E-state index in [9.17, 15) is 83.4 Å². The Bertz CT molecular complexity index is 2130. The van der Waals surface area contributed by atoms with Gasteiger partial charge in [-0.2, -0.15) is 12.6 Å². The summed E-state index contributed by atoms with van der Waals surface area (Å²) in [7, 11) is 0. The highest BCUT2D eigenvalue weighted by Crippen LogP contribution is 2.20. The van der Waals surface area contributed by atoms with Crippen LogP contribution in [0.2, 0.25) is 0 Å². The van der Waals surface area contributed by atoms with Crippen LogP contribution in [-0.4, -0.2) is 214 Å². The molecule has 1 aliphatic rings. The van der Waals surface area contributed by atoms with E-state index in [-0.39, 0.29) is 38.1 Å². The molecule has 0 bridgehead atoms. The SMILES string of the molecule is CC(C)C[C@H](NC(=O)[C@@H]1CCCN1C(=O)[C@H](CO)NC(=O)[C@@H](NC(=O)[C@@H](N)Cc1cnc[nH]1)[C@@H](C)O)C(=O)N[C@@H](CS)C(=O)N[C@H](C(=O)N[C@H](C(=O)N[C@@H](CC(N)=O)C(=O)N[C@H](C(=O)O)[C@@H](C)O)[C@@H](C)O)[C@@H](C)O. The number of primary amides is 1. The average Bonchev–Trinajstić information content (AvgIpc) is 4.03. The summed E-state index contributed by atoms with van der Waals surface area (Å²) in [4.78, 5) is 152. The number of likely N-dealkylation sites (tertiary alicyclic amines) is 1. The number of aliphatic carboxylic acids is 1. The lowest BCUT2D eigenvalue weighted by Gasteiger charge is -2.31. The van der Waals surface area contributed by atoms with Crippen LogP contribution in [0, 0.1) is 5.92 Å². The van der Waals surface area contributed by atoms with Gasteiger partial charge in [0.1, 0.15) is 48.3 Å². The largest absolute Gasteiger partial charge is 0.480 e. The zero-order valence-electron chi connectivity index (χ0n) is 41.6. The topological polar surface area (TPSA) is 489 Å². The van der Waals surface area contributed by atoms with Crippen LogP contribution < -0.4 is 54.0 Å². The number of hydrogen-bond donors (Lipinski definition) is 18. The van der Waals surface area contributed by atoms with E-state index < -0.39 is 169 Å². The maximum Gasteiger partial charge on any atom is 0.328 e. The highest BCUT2D eigenvalue weighted by Gasteiger charge is 2.41. The smallest absolute Gasteiger partial charge is 0.328 e. The van der Waals surface area contributed by atoms with Gasteiger partial charge in [0.05, 0.1) is 49.8 Å². The minimum atomic E-state index is -1.96. The van der Waals surface area contributed by atoms with Crippen molar-refractivity contribution in [3.63, 3.8) is 0 Å². The molecule has 0 aliphatic carbocycles. The van der Waals surface area contributed by atoms with Crippen LogP contribution in [-0.2, 0) is 59.2 Å². The number of aromatic amines is 1. The summed E-state index contributed by atoms with van der Waals surface area (Å²) in [5.74, 6) is -13.0. The third kappa shape index (κ3) is 19.4. The predicted molar refractivity (Wildman–Crippen MR) is 259 cm³/mol. The van der Waals surface area contributed by atoms with Gasteiger partial charge in [-0.15, -0.1) is 0 Å². The molecule has 2 heterocycles. The van der Waals surface area contributed by atoms with Gasteiger partial charge in [-0.1, -0.05) is 13.8 Å². The predicted octanol–water partition coefficient (Wildman–Crippen LogP) is -8.40. The quantitative estimate of drug-likeness (QED) is 0.0318. The third-order valence-electron chi connectivity index (χ3n) is 11.4. The fourth-order valence-corrected chi connectivity index (χ4v) is 7.66. The molecule has 1 aliphatic heterocycles. The number of carboxylic acid groups (broad SMARTS) is 1. The molecule has 74 heavy (non-hydrogen) atoms. The van der Waals surface area contributed by atoms with Crippen molar-refractivity contribution < 1.29 is 83.4 Å². The molecule has 14 atom stereocenters. The molecule has 10 amide bonds. The maximum atomic E-state index is 13.9. The molecular formula is C43H71N13O17S. The first kappa shape index (κ1) is 63.6. The van der Waals surface area contributed by atoms with Crippen LogP contribution >= 0.6 is 12.6 Å². The van der Waals surface area contributed by atoms with Crippen LogP contribution in [0.3, 0.4) is 0 Å². The van der Waals surface area contributed by atoms with E-state index in [1.807, 2.05) is 5.32 Å². The lowest BCUT2D eigenvalue weighted by Crippen LogP contribution is -2.63. The Labute approximate surface area is 430 Å². The van der Waals surface area contributed by atoms with Crippen LogP contribution in [0.25, 0.3) is 0 Å². The summed E-state index contributed by atoms with van der Waals surface area (Å²) in [6, 6.07) is -16.2. The normalized spacial score (nSPS) is 18.7. The number of amides is 10. The van der Waals surface area contributed by atoms with Gasteiger partial charge in [-0.25, -0.2) is 9.78 Å². The summed E-state index contributed by atoms with van der Waals surface area (Å²) in [5.41, 5.74) is 11.7. The van der Waals surface area contributed by atoms with Crippen molar-refractivity contribution in [2.24, 2.45) is 17.4 Å². The number of thiol groups is 1. The number of aromatic nitrogens is 2. The number of aliphatic hydroxyl groups excluding tert-OH is 5. The van der Waals surface area contributed by atoms with E-state index in [1.54, 1.807) is 13.8 Å². The molecule has 0 aromatic carbocycles. The number of carboxylic acids is 1. The molecule has 1 saturated heterocycles. The summed E-state index contributed by atoms with van der Waals surface area (Å²) < 4.78 is 0. The van der Waals surface area contributed by atoms with Crippen LogP contribution in [0.4, 0.5) is 0 Å². The number of rotatable bonds is 30. The van der Waals surface area contributed by atoms with Gasteiger partial charge in [0.25, 0.3) is 0 Å². The molecule has 0 saturated carbocycles. The van der Waals surface area contributed by atoms with Crippen molar-refractivity contribution >= 4 is 77.7 Å². The number of hydrogen-bond acceptors (Lipinski definition) is 19. The summed E-state index contributed by atoms with van der Waals surface area (Å²) >= 11 is 4.15. The summed E-state index contributed by atoms with van der Waals surface area (Å²) in [6.45, 7) is 6.81. The lowest BCUT2D eigenvalue weighted by atomic mass is 10.0. The van der Waals surface area contributed by atoms with Crippen molar-refractivity contribution in [2.75, 3.05) is 18.9 Å². The Morgan fingerprint density at radius 2 is 1.14 bits per heavy atom. The molecular weight excluding hydrogens is 1000 g/mol. The fourth-order valence-electron chi connectivity index (χ4n) is 7.40. The van der Waals surface area contributed by atoms with Crippen molar-refractivity contribution in [3.05, 3.63) is 18.2 Å². The Kier molecular flexibility index (Phi) is 25.8. The maximum absolute atomic E-state index is 13.9. The molecule has 30 nitrogen and oxygen atoms in total. The van der Waals surface area contributed by atoms with Gasteiger partial charge >= 0.3 is 5.97 Å². The van der Waals surface area contributed by atoms with Crippen molar-refractivity contribution in [3.8, 4) is 0 Å². The summed E-state index contributed by atoms with van der Waals surface area (Å²) in [6.07, 6.45) is -4.32. The number of nitrogens with zero attached hydrogens (tertiary/aromatic N) is 2. The van der Waals surface area contributed by atoms with E-state index >= 15 is 0 Å². The van der Waals surface area contributed by atoms with Gasteiger partial charge < -0.3 is 94.5 Å². The lowest BCUT2D eigenvalue weighted by molar-refractivity contribution is -0.145. The molecule has 31 heteroatoms. The minimum absolute atomic E-state index is 0.00942.